The van der Waals surface area contributed by atoms with E-state index in [1.165, 1.54) is 0 Å². The number of aromatic nitrogens is 4. The highest BCUT2D eigenvalue weighted by molar-refractivity contribution is 7.11. The fourth-order valence-electron chi connectivity index (χ4n) is 3.01. The second kappa shape index (κ2) is 6.43. The molecule has 0 aliphatic carbocycles. The molecule has 0 radical (unpaired) electrons. The number of aryl methyl sites for hydroxylation is 1. The Hall–Kier alpha value is -2.09. The predicted octanol–water partition coefficient (Wildman–Crippen LogP) is 2.14. The van der Waals surface area contributed by atoms with E-state index in [0.29, 0.717) is 5.69 Å². The number of benzene rings is 1. The Morgan fingerprint density at radius 3 is 2.79 bits per heavy atom. The Morgan fingerprint density at radius 1 is 1.21 bits per heavy atom. The molecule has 0 bridgehead atoms. The zero-order valence-corrected chi connectivity index (χ0v) is 14.3. The first-order chi connectivity index (χ1) is 11.7. The monoisotopic (exact) mass is 341 g/mol. The molecule has 24 heavy (non-hydrogen) atoms. The maximum Gasteiger partial charge on any atom is 0.131 e. The topological polar surface area (TPSA) is 67.1 Å². The van der Waals surface area contributed by atoms with Crippen molar-refractivity contribution in [2.24, 2.45) is 0 Å². The summed E-state index contributed by atoms with van der Waals surface area (Å²) in [6, 6.07) is 11.7. The molecule has 7 heteroatoms. The molecule has 0 fully saturated rings. The van der Waals surface area contributed by atoms with Crippen LogP contribution in [0.5, 0.6) is 0 Å². The molecule has 4 rings (SSSR count). The van der Waals surface area contributed by atoms with Crippen LogP contribution in [0.15, 0.2) is 36.4 Å². The smallest absolute Gasteiger partial charge is 0.131 e. The predicted molar refractivity (Wildman–Crippen MR) is 91.5 cm³/mol. The van der Waals surface area contributed by atoms with Crippen molar-refractivity contribution >= 4 is 11.3 Å². The van der Waals surface area contributed by atoms with Crippen LogP contribution in [0.4, 0.5) is 0 Å². The summed E-state index contributed by atoms with van der Waals surface area (Å²) < 4.78 is 2.00. The normalized spacial score (nSPS) is 16.1. The van der Waals surface area contributed by atoms with Gasteiger partial charge in [0.05, 0.1) is 24.5 Å². The van der Waals surface area contributed by atoms with Crippen molar-refractivity contribution in [3.63, 3.8) is 0 Å². The van der Waals surface area contributed by atoms with Crippen molar-refractivity contribution in [1.29, 1.82) is 0 Å². The molecule has 1 N–H and O–H groups in total. The lowest BCUT2D eigenvalue weighted by Gasteiger charge is -2.26. The lowest BCUT2D eigenvalue weighted by atomic mass is 10.1. The summed E-state index contributed by atoms with van der Waals surface area (Å²) in [6.45, 7) is 5.35. The molecule has 124 valence electrons. The highest BCUT2D eigenvalue weighted by atomic mass is 32.1. The van der Waals surface area contributed by atoms with Gasteiger partial charge in [-0.05, 0) is 18.6 Å². The van der Waals surface area contributed by atoms with E-state index < -0.39 is 6.10 Å². The van der Waals surface area contributed by atoms with E-state index in [1.807, 2.05) is 48.0 Å². The molecule has 3 heterocycles. The molecule has 0 saturated carbocycles. The van der Waals surface area contributed by atoms with Gasteiger partial charge in [-0.15, -0.1) is 21.5 Å². The van der Waals surface area contributed by atoms with Gasteiger partial charge < -0.3 is 5.11 Å². The van der Waals surface area contributed by atoms with Gasteiger partial charge in [0.2, 0.25) is 0 Å². The van der Waals surface area contributed by atoms with Crippen LogP contribution in [0.25, 0.3) is 0 Å². The molecule has 1 unspecified atom stereocenters. The highest BCUT2D eigenvalue weighted by Gasteiger charge is 2.22. The Labute approximate surface area is 144 Å². The third-order valence-corrected chi connectivity index (χ3v) is 5.04. The number of rotatable bonds is 4. The minimum atomic E-state index is -0.677. The van der Waals surface area contributed by atoms with Gasteiger partial charge in [0.25, 0.3) is 0 Å². The van der Waals surface area contributed by atoms with Crippen molar-refractivity contribution in [1.82, 2.24) is 24.9 Å². The van der Waals surface area contributed by atoms with Crippen LogP contribution in [0.1, 0.15) is 33.1 Å². The number of fused-ring (bicyclic) bond motifs is 1. The van der Waals surface area contributed by atoms with E-state index in [2.05, 4.69) is 20.2 Å². The summed E-state index contributed by atoms with van der Waals surface area (Å²) in [5, 5.41) is 25.5. The number of nitrogens with zero attached hydrogens (tertiary/aromatic N) is 5. The number of aliphatic hydroxyl groups excluding tert-OH is 1. The van der Waals surface area contributed by atoms with Crippen LogP contribution in [0, 0.1) is 6.92 Å². The summed E-state index contributed by atoms with van der Waals surface area (Å²) in [4.78, 5) is 2.34. The summed E-state index contributed by atoms with van der Waals surface area (Å²) >= 11 is 1.64. The zero-order valence-electron chi connectivity index (χ0n) is 13.5. The van der Waals surface area contributed by atoms with Gasteiger partial charge in [0.15, 0.2) is 0 Å². The Kier molecular flexibility index (Phi) is 4.13. The number of hydrogen-bond donors (Lipinski definition) is 1. The molecule has 1 atom stereocenters. The van der Waals surface area contributed by atoms with Gasteiger partial charge in [0.1, 0.15) is 16.1 Å². The fraction of sp³-hybridized carbons (Fsp3) is 0.353. The van der Waals surface area contributed by atoms with Gasteiger partial charge in [-0.1, -0.05) is 30.3 Å². The van der Waals surface area contributed by atoms with Gasteiger partial charge in [-0.3, -0.25) is 9.58 Å². The molecule has 0 spiro atoms. The van der Waals surface area contributed by atoms with Gasteiger partial charge in [0, 0.05) is 13.1 Å². The summed E-state index contributed by atoms with van der Waals surface area (Å²) in [5.74, 6) is 0. The molecular weight excluding hydrogens is 322 g/mol. The van der Waals surface area contributed by atoms with Crippen molar-refractivity contribution in [3.8, 4) is 0 Å². The number of hydrogen-bond acceptors (Lipinski definition) is 6. The van der Waals surface area contributed by atoms with Gasteiger partial charge in [-0.25, -0.2) is 0 Å². The largest absolute Gasteiger partial charge is 0.382 e. The molecule has 1 aliphatic rings. The third-order valence-electron chi connectivity index (χ3n) is 4.22. The SMILES string of the molecule is Cc1nnc(CN2CCn3nc(C(O)c4ccccc4)cc3C2)s1. The summed E-state index contributed by atoms with van der Waals surface area (Å²) in [5.41, 5.74) is 2.71. The van der Waals surface area contributed by atoms with Crippen LogP contribution in [0.2, 0.25) is 0 Å². The van der Waals surface area contributed by atoms with Gasteiger partial charge in [-0.2, -0.15) is 5.10 Å². The highest BCUT2D eigenvalue weighted by Crippen LogP contribution is 2.24. The van der Waals surface area contributed by atoms with Crippen LogP contribution < -0.4 is 0 Å². The van der Waals surface area contributed by atoms with E-state index >= 15 is 0 Å². The number of aliphatic hydroxyl groups is 1. The van der Waals surface area contributed by atoms with Crippen molar-refractivity contribution in [2.75, 3.05) is 6.54 Å². The maximum absolute atomic E-state index is 10.5. The Morgan fingerprint density at radius 2 is 2.04 bits per heavy atom. The Bertz CT molecular complexity index is 829. The lowest BCUT2D eigenvalue weighted by Crippen LogP contribution is -2.33. The quantitative estimate of drug-likeness (QED) is 0.787. The van der Waals surface area contributed by atoms with Crippen LogP contribution >= 0.6 is 11.3 Å². The van der Waals surface area contributed by atoms with Crippen molar-refractivity contribution in [2.45, 2.75) is 32.7 Å². The molecule has 1 aliphatic heterocycles. The van der Waals surface area contributed by atoms with E-state index in [-0.39, 0.29) is 0 Å². The molecular formula is C17H19N5OS. The molecule has 3 aromatic rings. The van der Waals surface area contributed by atoms with E-state index in [1.54, 1.807) is 11.3 Å². The van der Waals surface area contributed by atoms with Crippen LogP contribution in [0.3, 0.4) is 0 Å². The van der Waals surface area contributed by atoms with E-state index in [9.17, 15) is 5.11 Å². The van der Waals surface area contributed by atoms with E-state index in [0.717, 1.165) is 47.5 Å². The summed E-state index contributed by atoms with van der Waals surface area (Å²) in [6.07, 6.45) is -0.677. The van der Waals surface area contributed by atoms with Crippen LogP contribution in [-0.2, 0) is 19.6 Å². The average molecular weight is 341 g/mol. The second-order valence-corrected chi connectivity index (χ2v) is 7.29. The first kappa shape index (κ1) is 15.4. The molecule has 0 saturated heterocycles. The molecule has 0 amide bonds. The third kappa shape index (κ3) is 3.10. The zero-order chi connectivity index (χ0) is 16.5. The second-order valence-electron chi connectivity index (χ2n) is 6.02. The maximum atomic E-state index is 10.5. The molecule has 2 aromatic heterocycles. The van der Waals surface area contributed by atoms with Crippen molar-refractivity contribution in [3.05, 3.63) is 63.4 Å². The first-order valence-corrected chi connectivity index (χ1v) is 8.81. The fourth-order valence-corrected chi connectivity index (χ4v) is 3.76. The summed E-state index contributed by atoms with van der Waals surface area (Å²) in [7, 11) is 0. The average Bonchev–Trinajstić information content (AvgIpc) is 3.20. The minimum absolute atomic E-state index is 0.677. The standard InChI is InChI=1S/C17H19N5OS/c1-12-18-19-16(24-12)11-21-7-8-22-14(10-21)9-15(20-22)17(23)13-5-3-2-4-6-13/h2-6,9,17,23H,7-8,10-11H2,1H3. The minimum Gasteiger partial charge on any atom is -0.382 e. The first-order valence-electron chi connectivity index (χ1n) is 8.00. The van der Waals surface area contributed by atoms with E-state index in [4.69, 9.17) is 0 Å². The van der Waals surface area contributed by atoms with Crippen LogP contribution in [-0.4, -0.2) is 36.5 Å². The van der Waals surface area contributed by atoms with Crippen molar-refractivity contribution < 1.29 is 5.11 Å². The lowest BCUT2D eigenvalue weighted by molar-refractivity contribution is 0.200. The molecule has 1 aromatic carbocycles. The Balaban J connectivity index is 1.49. The molecule has 6 nitrogen and oxygen atoms in total. The van der Waals surface area contributed by atoms with Gasteiger partial charge >= 0.3 is 0 Å².